The Hall–Kier alpha value is -2.41. The van der Waals surface area contributed by atoms with Crippen LogP contribution in [0.4, 0.5) is 5.13 Å². The van der Waals surface area contributed by atoms with Crippen molar-refractivity contribution < 1.29 is 4.79 Å². The van der Waals surface area contributed by atoms with Gasteiger partial charge in [-0.2, -0.15) is 0 Å². The van der Waals surface area contributed by atoms with Gasteiger partial charge < -0.3 is 9.80 Å². The fraction of sp³-hybridized carbons (Fsp3) is 0.476. The van der Waals surface area contributed by atoms with E-state index in [1.54, 1.807) is 11.3 Å². The van der Waals surface area contributed by atoms with Crippen LogP contribution in [-0.2, 0) is 4.79 Å². The molecule has 7 heteroatoms. The summed E-state index contributed by atoms with van der Waals surface area (Å²) in [6, 6.07) is 8.42. The highest BCUT2D eigenvalue weighted by Crippen LogP contribution is 2.30. The molecule has 0 spiro atoms. The molecule has 3 aromatic rings. The monoisotopic (exact) mass is 395 g/mol. The summed E-state index contributed by atoms with van der Waals surface area (Å²) in [5, 5.41) is 5.76. The molecule has 4 heterocycles. The Labute approximate surface area is 168 Å². The number of anilines is 1. The molecule has 2 saturated heterocycles. The summed E-state index contributed by atoms with van der Waals surface area (Å²) in [6.07, 6.45) is 6.17. The van der Waals surface area contributed by atoms with Crippen LogP contribution in [0.25, 0.3) is 16.2 Å². The number of imidazole rings is 1. The smallest absolute Gasteiger partial charge is 0.225 e. The highest BCUT2D eigenvalue weighted by Gasteiger charge is 2.30. The second-order valence-electron chi connectivity index (χ2n) is 7.90. The molecule has 0 atom stereocenters. The van der Waals surface area contributed by atoms with E-state index in [4.69, 9.17) is 10.1 Å². The van der Waals surface area contributed by atoms with Gasteiger partial charge in [0, 0.05) is 37.7 Å². The van der Waals surface area contributed by atoms with Gasteiger partial charge in [-0.1, -0.05) is 41.2 Å². The first kappa shape index (κ1) is 17.7. The lowest BCUT2D eigenvalue weighted by atomic mass is 9.95. The molecule has 5 rings (SSSR count). The third-order valence-corrected chi connectivity index (χ3v) is 6.90. The Bertz CT molecular complexity index is 947. The largest absolute Gasteiger partial charge is 0.347 e. The van der Waals surface area contributed by atoms with Gasteiger partial charge in [0.15, 0.2) is 0 Å². The minimum Gasteiger partial charge on any atom is -0.347 e. The molecular weight excluding hydrogens is 370 g/mol. The van der Waals surface area contributed by atoms with Gasteiger partial charge >= 0.3 is 0 Å². The van der Waals surface area contributed by atoms with E-state index in [0.29, 0.717) is 5.91 Å². The molecule has 0 bridgehead atoms. The molecule has 0 radical (unpaired) electrons. The van der Waals surface area contributed by atoms with Crippen molar-refractivity contribution in [2.45, 2.75) is 32.6 Å². The van der Waals surface area contributed by atoms with Crippen LogP contribution in [0.5, 0.6) is 0 Å². The van der Waals surface area contributed by atoms with Crippen LogP contribution in [0.1, 0.15) is 31.2 Å². The van der Waals surface area contributed by atoms with E-state index in [-0.39, 0.29) is 5.92 Å². The van der Waals surface area contributed by atoms with E-state index < -0.39 is 0 Å². The van der Waals surface area contributed by atoms with Gasteiger partial charge in [-0.3, -0.25) is 4.79 Å². The van der Waals surface area contributed by atoms with Crippen LogP contribution >= 0.6 is 11.3 Å². The summed E-state index contributed by atoms with van der Waals surface area (Å²) in [6.45, 7) is 5.78. The third-order valence-electron chi connectivity index (χ3n) is 5.91. The van der Waals surface area contributed by atoms with Crippen LogP contribution in [0.3, 0.4) is 0 Å². The first-order valence-corrected chi connectivity index (χ1v) is 11.0. The maximum absolute atomic E-state index is 12.6. The lowest BCUT2D eigenvalue weighted by Gasteiger charge is -2.32. The van der Waals surface area contributed by atoms with E-state index in [9.17, 15) is 4.79 Å². The number of aromatic nitrogens is 3. The second-order valence-corrected chi connectivity index (χ2v) is 8.83. The SMILES string of the molecule is Cc1ccc(-c2cn3nc(N4CCC(C(=O)N5CCCC5)CC4)sc3n2)cc1. The molecule has 146 valence electrons. The molecule has 2 fully saturated rings. The van der Waals surface area contributed by atoms with Gasteiger partial charge in [0.25, 0.3) is 0 Å². The molecule has 1 amide bonds. The Morgan fingerprint density at radius 3 is 2.46 bits per heavy atom. The number of hydrogen-bond acceptors (Lipinski definition) is 5. The number of amides is 1. The van der Waals surface area contributed by atoms with Crippen LogP contribution < -0.4 is 4.90 Å². The van der Waals surface area contributed by atoms with Crippen LogP contribution in [0.15, 0.2) is 30.5 Å². The molecule has 0 unspecified atom stereocenters. The van der Waals surface area contributed by atoms with Crippen molar-refractivity contribution in [3.05, 3.63) is 36.0 Å². The zero-order chi connectivity index (χ0) is 19.1. The highest BCUT2D eigenvalue weighted by molar-refractivity contribution is 7.20. The third kappa shape index (κ3) is 3.28. The van der Waals surface area contributed by atoms with Crippen molar-refractivity contribution >= 4 is 27.3 Å². The standard InChI is InChI=1S/C21H25N5OS/c1-15-4-6-16(7-5-15)18-14-26-20(22-18)28-21(23-26)25-12-8-17(9-13-25)19(27)24-10-2-3-11-24/h4-7,14,17H,2-3,8-13H2,1H3. The summed E-state index contributed by atoms with van der Waals surface area (Å²) in [4.78, 5) is 22.7. The minimum atomic E-state index is 0.187. The van der Waals surface area contributed by atoms with Crippen molar-refractivity contribution in [3.8, 4) is 11.3 Å². The summed E-state index contributed by atoms with van der Waals surface area (Å²) < 4.78 is 1.89. The predicted molar refractivity (Wildman–Crippen MR) is 112 cm³/mol. The van der Waals surface area contributed by atoms with E-state index in [1.165, 1.54) is 5.56 Å². The zero-order valence-electron chi connectivity index (χ0n) is 16.2. The second kappa shape index (κ2) is 7.20. The molecule has 0 N–H and O–H groups in total. The van der Waals surface area contributed by atoms with Crippen LogP contribution in [0, 0.1) is 12.8 Å². The molecule has 6 nitrogen and oxygen atoms in total. The van der Waals surface area contributed by atoms with Gasteiger partial charge in [0.2, 0.25) is 16.0 Å². The van der Waals surface area contributed by atoms with E-state index in [0.717, 1.165) is 73.2 Å². The Kier molecular flexibility index (Phi) is 4.55. The van der Waals surface area contributed by atoms with Crippen molar-refractivity contribution in [1.82, 2.24) is 19.5 Å². The number of carbonyl (C=O) groups excluding carboxylic acids is 1. The van der Waals surface area contributed by atoms with Gasteiger partial charge in [0.05, 0.1) is 11.9 Å². The topological polar surface area (TPSA) is 53.7 Å². The summed E-state index contributed by atoms with van der Waals surface area (Å²) in [7, 11) is 0. The molecular formula is C21H25N5OS. The molecule has 2 aliphatic rings. The first-order valence-electron chi connectivity index (χ1n) is 10.1. The van der Waals surface area contributed by atoms with Crippen LogP contribution in [0.2, 0.25) is 0 Å². The number of hydrogen-bond donors (Lipinski definition) is 0. The van der Waals surface area contributed by atoms with Crippen molar-refractivity contribution in [3.63, 3.8) is 0 Å². The number of aryl methyl sites for hydroxylation is 1. The molecule has 0 saturated carbocycles. The number of rotatable bonds is 3. The van der Waals surface area contributed by atoms with Crippen molar-refractivity contribution in [1.29, 1.82) is 0 Å². The first-order chi connectivity index (χ1) is 13.7. The summed E-state index contributed by atoms with van der Waals surface area (Å²) in [5.74, 6) is 0.556. The fourth-order valence-corrected chi connectivity index (χ4v) is 5.13. The Morgan fingerprint density at radius 2 is 1.79 bits per heavy atom. The number of nitrogens with zero attached hydrogens (tertiary/aromatic N) is 5. The number of fused-ring (bicyclic) bond motifs is 1. The lowest BCUT2D eigenvalue weighted by molar-refractivity contribution is -0.135. The Balaban J connectivity index is 1.26. The molecule has 1 aromatic carbocycles. The van der Waals surface area contributed by atoms with E-state index in [2.05, 4.69) is 41.0 Å². The molecule has 2 aromatic heterocycles. The molecule has 28 heavy (non-hydrogen) atoms. The van der Waals surface area contributed by atoms with E-state index in [1.807, 2.05) is 10.7 Å². The summed E-state index contributed by atoms with van der Waals surface area (Å²) in [5.41, 5.74) is 3.32. The maximum atomic E-state index is 12.6. The number of benzene rings is 1. The van der Waals surface area contributed by atoms with E-state index >= 15 is 0 Å². The normalized spacial score (nSPS) is 18.3. The molecule has 0 aliphatic carbocycles. The minimum absolute atomic E-state index is 0.187. The fourth-order valence-electron chi connectivity index (χ4n) is 4.19. The van der Waals surface area contributed by atoms with Crippen molar-refractivity contribution in [2.24, 2.45) is 5.92 Å². The van der Waals surface area contributed by atoms with Gasteiger partial charge in [0.1, 0.15) is 0 Å². The van der Waals surface area contributed by atoms with Crippen molar-refractivity contribution in [2.75, 3.05) is 31.1 Å². The van der Waals surface area contributed by atoms with Gasteiger partial charge in [-0.15, -0.1) is 5.10 Å². The average molecular weight is 396 g/mol. The predicted octanol–water partition coefficient (Wildman–Crippen LogP) is 3.61. The van der Waals surface area contributed by atoms with Gasteiger partial charge in [-0.05, 0) is 32.6 Å². The number of piperidine rings is 1. The Morgan fingerprint density at radius 1 is 1.07 bits per heavy atom. The lowest BCUT2D eigenvalue weighted by Crippen LogP contribution is -2.41. The van der Waals surface area contributed by atoms with Gasteiger partial charge in [-0.25, -0.2) is 9.50 Å². The zero-order valence-corrected chi connectivity index (χ0v) is 17.0. The maximum Gasteiger partial charge on any atom is 0.225 e. The average Bonchev–Trinajstić information content (AvgIpc) is 3.44. The number of likely N-dealkylation sites (tertiary alicyclic amines) is 1. The number of carbonyl (C=O) groups is 1. The quantitative estimate of drug-likeness (QED) is 0.680. The highest BCUT2D eigenvalue weighted by atomic mass is 32.1. The summed E-state index contributed by atoms with van der Waals surface area (Å²) >= 11 is 1.63. The van der Waals surface area contributed by atoms with Crippen LogP contribution in [-0.4, -0.2) is 51.6 Å². The molecule has 2 aliphatic heterocycles.